The first-order valence-corrected chi connectivity index (χ1v) is 4.95. The lowest BCUT2D eigenvalue weighted by molar-refractivity contribution is 0.0502. The molecule has 3 N–H and O–H groups in total. The highest BCUT2D eigenvalue weighted by Gasteiger charge is 2.27. The third-order valence-electron chi connectivity index (χ3n) is 2.96. The Balaban J connectivity index is 1.76. The van der Waals surface area contributed by atoms with Gasteiger partial charge in [-0.05, 0) is 19.3 Å². The predicted molar refractivity (Wildman–Crippen MR) is 48.0 cm³/mol. The van der Waals surface area contributed by atoms with Crippen LogP contribution in [0.15, 0.2) is 0 Å². The molecule has 12 heavy (non-hydrogen) atoms. The molecule has 2 rings (SSSR count). The molecule has 0 aromatic rings. The van der Waals surface area contributed by atoms with Crippen LogP contribution in [0.4, 0.5) is 0 Å². The van der Waals surface area contributed by atoms with E-state index in [2.05, 4.69) is 5.32 Å². The molecule has 0 spiro atoms. The summed E-state index contributed by atoms with van der Waals surface area (Å²) in [5, 5.41) is 3.56. The van der Waals surface area contributed by atoms with Crippen LogP contribution in [0.25, 0.3) is 0 Å². The van der Waals surface area contributed by atoms with Crippen molar-refractivity contribution in [1.29, 1.82) is 0 Å². The summed E-state index contributed by atoms with van der Waals surface area (Å²) in [7, 11) is 0. The van der Waals surface area contributed by atoms with Crippen molar-refractivity contribution < 1.29 is 4.74 Å². The zero-order chi connectivity index (χ0) is 8.39. The number of hydrogen-bond donors (Lipinski definition) is 2. The molecule has 0 amide bonds. The quantitative estimate of drug-likeness (QED) is 0.624. The molecule has 0 radical (unpaired) electrons. The van der Waals surface area contributed by atoms with Crippen molar-refractivity contribution in [2.24, 2.45) is 5.73 Å². The van der Waals surface area contributed by atoms with E-state index < -0.39 is 0 Å². The number of rotatable bonds is 2. The highest BCUT2D eigenvalue weighted by atomic mass is 16.5. The van der Waals surface area contributed by atoms with Crippen molar-refractivity contribution in [1.82, 2.24) is 5.32 Å². The van der Waals surface area contributed by atoms with Crippen molar-refractivity contribution in [2.75, 3.05) is 13.2 Å². The molecule has 2 fully saturated rings. The van der Waals surface area contributed by atoms with Crippen LogP contribution < -0.4 is 11.1 Å². The topological polar surface area (TPSA) is 47.3 Å². The van der Waals surface area contributed by atoms with Gasteiger partial charge in [-0.2, -0.15) is 0 Å². The number of nitrogens with one attached hydrogen (secondary N) is 1. The highest BCUT2D eigenvalue weighted by molar-refractivity contribution is 4.88. The summed E-state index contributed by atoms with van der Waals surface area (Å²) in [6.45, 7) is 1.64. The Bertz CT molecular complexity index is 147. The first kappa shape index (κ1) is 8.48. The standard InChI is InChI=1S/C9H18N2O/c10-8-4-5-12-6-9(8)11-7-2-1-3-7/h7-9,11H,1-6,10H2. The van der Waals surface area contributed by atoms with Gasteiger partial charge in [0, 0.05) is 24.7 Å². The fraction of sp³-hybridized carbons (Fsp3) is 1.00. The Kier molecular flexibility index (Phi) is 2.63. The Labute approximate surface area is 73.7 Å². The Hall–Kier alpha value is -0.120. The van der Waals surface area contributed by atoms with Crippen molar-refractivity contribution in [2.45, 2.75) is 43.8 Å². The van der Waals surface area contributed by atoms with Gasteiger partial charge in [0.15, 0.2) is 0 Å². The summed E-state index contributed by atoms with van der Waals surface area (Å²) in [6.07, 6.45) is 5.03. The first-order valence-electron chi connectivity index (χ1n) is 4.95. The second-order valence-electron chi connectivity index (χ2n) is 3.93. The molecule has 1 saturated heterocycles. The molecule has 2 unspecified atom stereocenters. The van der Waals surface area contributed by atoms with Gasteiger partial charge in [-0.1, -0.05) is 6.42 Å². The summed E-state index contributed by atoms with van der Waals surface area (Å²) in [4.78, 5) is 0. The largest absolute Gasteiger partial charge is 0.380 e. The van der Waals surface area contributed by atoms with E-state index in [0.29, 0.717) is 12.1 Å². The van der Waals surface area contributed by atoms with Crippen molar-refractivity contribution in [3.8, 4) is 0 Å². The van der Waals surface area contributed by atoms with Gasteiger partial charge in [-0.3, -0.25) is 0 Å². The zero-order valence-electron chi connectivity index (χ0n) is 7.46. The van der Waals surface area contributed by atoms with Gasteiger partial charge in [0.1, 0.15) is 0 Å². The molecule has 3 nitrogen and oxygen atoms in total. The lowest BCUT2D eigenvalue weighted by atomic mass is 9.91. The molecule has 0 aromatic heterocycles. The summed E-state index contributed by atoms with van der Waals surface area (Å²) in [6, 6.07) is 1.44. The summed E-state index contributed by atoms with van der Waals surface area (Å²) < 4.78 is 5.38. The van der Waals surface area contributed by atoms with E-state index in [-0.39, 0.29) is 0 Å². The smallest absolute Gasteiger partial charge is 0.0634 e. The average molecular weight is 170 g/mol. The average Bonchev–Trinajstić information content (AvgIpc) is 2.00. The van der Waals surface area contributed by atoms with Gasteiger partial charge in [0.25, 0.3) is 0 Å². The van der Waals surface area contributed by atoms with Crippen LogP contribution in [-0.2, 0) is 4.74 Å². The third-order valence-corrected chi connectivity index (χ3v) is 2.96. The monoisotopic (exact) mass is 170 g/mol. The SMILES string of the molecule is NC1CCOCC1NC1CCC1. The van der Waals surface area contributed by atoms with Gasteiger partial charge < -0.3 is 15.8 Å². The van der Waals surface area contributed by atoms with E-state index in [1.807, 2.05) is 0 Å². The molecule has 0 bridgehead atoms. The normalized spacial score (nSPS) is 37.8. The number of nitrogens with two attached hydrogens (primary N) is 1. The molecule has 70 valence electrons. The molecule has 2 aliphatic rings. The third kappa shape index (κ3) is 1.79. The van der Waals surface area contributed by atoms with E-state index in [1.165, 1.54) is 19.3 Å². The van der Waals surface area contributed by atoms with E-state index in [9.17, 15) is 0 Å². The summed E-state index contributed by atoms with van der Waals surface area (Å²) in [5.74, 6) is 0. The van der Waals surface area contributed by atoms with E-state index in [1.54, 1.807) is 0 Å². The van der Waals surface area contributed by atoms with Crippen molar-refractivity contribution in [3.63, 3.8) is 0 Å². The summed E-state index contributed by atoms with van der Waals surface area (Å²) >= 11 is 0. The van der Waals surface area contributed by atoms with Crippen LogP contribution in [0.5, 0.6) is 0 Å². The van der Waals surface area contributed by atoms with Gasteiger partial charge in [-0.25, -0.2) is 0 Å². The fourth-order valence-electron chi connectivity index (χ4n) is 1.80. The number of hydrogen-bond acceptors (Lipinski definition) is 3. The maximum Gasteiger partial charge on any atom is 0.0634 e. The van der Waals surface area contributed by atoms with Crippen molar-refractivity contribution in [3.05, 3.63) is 0 Å². The van der Waals surface area contributed by atoms with E-state index >= 15 is 0 Å². The fourth-order valence-corrected chi connectivity index (χ4v) is 1.80. The molecule has 0 aromatic carbocycles. The summed E-state index contributed by atoms with van der Waals surface area (Å²) in [5.41, 5.74) is 5.96. The van der Waals surface area contributed by atoms with E-state index in [4.69, 9.17) is 10.5 Å². The maximum absolute atomic E-state index is 5.96. The maximum atomic E-state index is 5.96. The highest BCUT2D eigenvalue weighted by Crippen LogP contribution is 2.20. The van der Waals surface area contributed by atoms with Crippen LogP contribution in [0, 0.1) is 0 Å². The molecule has 3 heteroatoms. The van der Waals surface area contributed by atoms with Gasteiger partial charge in [-0.15, -0.1) is 0 Å². The minimum absolute atomic E-state index is 0.305. The zero-order valence-corrected chi connectivity index (χ0v) is 7.46. The minimum atomic E-state index is 0.305. The lowest BCUT2D eigenvalue weighted by Gasteiger charge is -2.36. The Morgan fingerprint density at radius 3 is 2.67 bits per heavy atom. The first-order chi connectivity index (χ1) is 5.86. The van der Waals surface area contributed by atoms with Crippen LogP contribution in [0.2, 0.25) is 0 Å². The molecule has 1 saturated carbocycles. The molecule has 1 aliphatic carbocycles. The number of ether oxygens (including phenoxy) is 1. The van der Waals surface area contributed by atoms with Crippen LogP contribution >= 0.6 is 0 Å². The second-order valence-corrected chi connectivity index (χ2v) is 3.93. The van der Waals surface area contributed by atoms with Gasteiger partial charge in [0.05, 0.1) is 6.61 Å². The van der Waals surface area contributed by atoms with Crippen LogP contribution in [0.1, 0.15) is 25.7 Å². The van der Waals surface area contributed by atoms with Crippen molar-refractivity contribution >= 4 is 0 Å². The van der Waals surface area contributed by atoms with Gasteiger partial charge in [0.2, 0.25) is 0 Å². The molecule has 1 heterocycles. The lowest BCUT2D eigenvalue weighted by Crippen LogP contribution is -2.55. The Morgan fingerprint density at radius 1 is 1.25 bits per heavy atom. The second kappa shape index (κ2) is 3.73. The molecular weight excluding hydrogens is 152 g/mol. The predicted octanol–water partition coefficient (Wildman–Crippen LogP) is 0.245. The van der Waals surface area contributed by atoms with Gasteiger partial charge >= 0.3 is 0 Å². The molecule has 2 atom stereocenters. The van der Waals surface area contributed by atoms with E-state index in [0.717, 1.165) is 25.7 Å². The molecule has 1 aliphatic heterocycles. The minimum Gasteiger partial charge on any atom is -0.380 e. The van der Waals surface area contributed by atoms with Crippen LogP contribution in [0.3, 0.4) is 0 Å². The Morgan fingerprint density at radius 2 is 2.08 bits per heavy atom. The molecular formula is C9H18N2O. The van der Waals surface area contributed by atoms with Crippen LogP contribution in [-0.4, -0.2) is 31.3 Å².